The van der Waals surface area contributed by atoms with E-state index in [0.717, 1.165) is 5.56 Å². The lowest BCUT2D eigenvalue weighted by atomic mass is 9.70. The van der Waals surface area contributed by atoms with Crippen LogP contribution < -0.4 is 9.47 Å². The Bertz CT molecular complexity index is 638. The summed E-state index contributed by atoms with van der Waals surface area (Å²) in [5.74, 6) is -0.192. The summed E-state index contributed by atoms with van der Waals surface area (Å²) in [6.07, 6.45) is -4.78. The van der Waals surface area contributed by atoms with Gasteiger partial charge in [-0.2, -0.15) is 13.2 Å². The second-order valence-corrected chi connectivity index (χ2v) is 6.38. The monoisotopic (exact) mass is 360 g/mol. The minimum absolute atomic E-state index is 0.119. The van der Waals surface area contributed by atoms with Crippen molar-refractivity contribution in [2.45, 2.75) is 37.5 Å². The first-order chi connectivity index (χ1) is 11.8. The molecule has 0 bridgehead atoms. The fraction of sp³-hybridized carbons (Fsp3) is 0.588. The lowest BCUT2D eigenvalue weighted by molar-refractivity contribution is -0.297. The molecule has 0 atom stereocenters. The van der Waals surface area contributed by atoms with Gasteiger partial charge < -0.3 is 19.3 Å². The fourth-order valence-electron chi connectivity index (χ4n) is 2.96. The molecular formula is C17H19F3O5. The Morgan fingerprint density at radius 2 is 1.92 bits per heavy atom. The van der Waals surface area contributed by atoms with Crippen molar-refractivity contribution in [3.63, 3.8) is 0 Å². The molecule has 0 unspecified atom stereocenters. The van der Waals surface area contributed by atoms with E-state index in [2.05, 4.69) is 0 Å². The minimum Gasteiger partial charge on any atom is -0.486 e. The molecular weight excluding hydrogens is 341 g/mol. The smallest absolute Gasteiger partial charge is 0.417 e. The first-order valence-electron chi connectivity index (χ1n) is 8.13. The van der Waals surface area contributed by atoms with Crippen LogP contribution in [0.2, 0.25) is 0 Å². The summed E-state index contributed by atoms with van der Waals surface area (Å²) in [7, 11) is 0. The highest BCUT2D eigenvalue weighted by atomic mass is 19.4. The lowest BCUT2D eigenvalue weighted by Gasteiger charge is -2.42. The van der Waals surface area contributed by atoms with Crippen LogP contribution in [-0.2, 0) is 16.0 Å². The number of alkyl halides is 3. The van der Waals surface area contributed by atoms with Crippen LogP contribution >= 0.6 is 0 Å². The first-order valence-corrected chi connectivity index (χ1v) is 8.13. The Hall–Kier alpha value is -1.96. The van der Waals surface area contributed by atoms with Gasteiger partial charge in [0, 0.05) is 0 Å². The van der Waals surface area contributed by atoms with E-state index < -0.39 is 36.5 Å². The SMILES string of the molecule is O=C(OCCCc1ccc2c(c1)OCCO2)C1CC(O)(C(F)(F)F)C1. The summed E-state index contributed by atoms with van der Waals surface area (Å²) in [5.41, 5.74) is -1.75. The maximum absolute atomic E-state index is 12.5. The van der Waals surface area contributed by atoms with E-state index in [-0.39, 0.29) is 6.61 Å². The number of benzene rings is 1. The molecule has 1 heterocycles. The van der Waals surface area contributed by atoms with E-state index in [1.165, 1.54) is 0 Å². The number of halogens is 3. The average molecular weight is 360 g/mol. The largest absolute Gasteiger partial charge is 0.486 e. The van der Waals surface area contributed by atoms with Crippen LogP contribution in [-0.4, -0.2) is 42.7 Å². The number of ether oxygens (including phenoxy) is 3. The molecule has 0 amide bonds. The summed E-state index contributed by atoms with van der Waals surface area (Å²) >= 11 is 0. The number of aliphatic hydroxyl groups is 1. The second-order valence-electron chi connectivity index (χ2n) is 6.38. The summed E-state index contributed by atoms with van der Waals surface area (Å²) in [4.78, 5) is 11.7. The van der Waals surface area contributed by atoms with Crippen molar-refractivity contribution in [1.29, 1.82) is 0 Å². The van der Waals surface area contributed by atoms with Crippen molar-refractivity contribution in [2.24, 2.45) is 5.92 Å². The zero-order valence-corrected chi connectivity index (χ0v) is 13.5. The van der Waals surface area contributed by atoms with Crippen LogP contribution in [0.15, 0.2) is 18.2 Å². The van der Waals surface area contributed by atoms with Gasteiger partial charge in [-0.15, -0.1) is 0 Å². The molecule has 0 radical (unpaired) electrons. The fourth-order valence-corrected chi connectivity index (χ4v) is 2.96. The molecule has 0 saturated heterocycles. The predicted molar refractivity (Wildman–Crippen MR) is 80.4 cm³/mol. The van der Waals surface area contributed by atoms with Gasteiger partial charge >= 0.3 is 12.1 Å². The van der Waals surface area contributed by atoms with Gasteiger partial charge in [0.1, 0.15) is 13.2 Å². The summed E-state index contributed by atoms with van der Waals surface area (Å²) in [6.45, 7) is 1.14. The molecule has 1 aromatic carbocycles. The van der Waals surface area contributed by atoms with E-state index >= 15 is 0 Å². The van der Waals surface area contributed by atoms with Crippen molar-refractivity contribution >= 4 is 5.97 Å². The molecule has 1 aliphatic carbocycles. The summed E-state index contributed by atoms with van der Waals surface area (Å²) in [6, 6.07) is 5.58. The number of fused-ring (bicyclic) bond motifs is 1. The van der Waals surface area contributed by atoms with Crippen LogP contribution in [0.4, 0.5) is 13.2 Å². The average Bonchev–Trinajstić information content (AvgIpc) is 2.54. The molecule has 1 aromatic rings. The van der Waals surface area contributed by atoms with Crippen molar-refractivity contribution in [1.82, 2.24) is 0 Å². The zero-order chi connectivity index (χ0) is 18.1. The van der Waals surface area contributed by atoms with Gasteiger partial charge in [0.2, 0.25) is 0 Å². The third-order valence-corrected chi connectivity index (χ3v) is 4.49. The van der Waals surface area contributed by atoms with Crippen molar-refractivity contribution in [3.8, 4) is 11.5 Å². The highest BCUT2D eigenvalue weighted by Gasteiger charge is 2.63. The molecule has 5 nitrogen and oxygen atoms in total. The molecule has 138 valence electrons. The standard InChI is InChI=1S/C17H19F3O5/c18-17(19,20)16(22)9-12(10-16)15(21)25-5-1-2-11-3-4-13-14(8-11)24-7-6-23-13/h3-4,8,12,22H,1-2,5-7,9-10H2. The molecule has 0 spiro atoms. The van der Waals surface area contributed by atoms with Gasteiger partial charge in [0.05, 0.1) is 12.5 Å². The number of rotatable bonds is 5. The van der Waals surface area contributed by atoms with Gasteiger partial charge in [-0.3, -0.25) is 4.79 Å². The van der Waals surface area contributed by atoms with Crippen molar-refractivity contribution < 1.29 is 37.3 Å². The normalized spacial score (nSPS) is 25.2. The van der Waals surface area contributed by atoms with Crippen LogP contribution in [0, 0.1) is 5.92 Å². The molecule has 25 heavy (non-hydrogen) atoms. The molecule has 1 N–H and O–H groups in total. The van der Waals surface area contributed by atoms with E-state index in [0.29, 0.717) is 37.6 Å². The number of carbonyl (C=O) groups is 1. The van der Waals surface area contributed by atoms with E-state index in [1.807, 2.05) is 18.2 Å². The Morgan fingerprint density at radius 1 is 1.24 bits per heavy atom. The number of carbonyl (C=O) groups excluding carboxylic acids is 1. The number of hydrogen-bond donors (Lipinski definition) is 1. The highest BCUT2D eigenvalue weighted by molar-refractivity contribution is 5.74. The zero-order valence-electron chi connectivity index (χ0n) is 13.5. The van der Waals surface area contributed by atoms with Gasteiger partial charge in [0.25, 0.3) is 0 Å². The van der Waals surface area contributed by atoms with E-state index in [1.54, 1.807) is 0 Å². The van der Waals surface area contributed by atoms with Crippen LogP contribution in [0.25, 0.3) is 0 Å². The first kappa shape index (κ1) is 17.8. The number of esters is 1. The minimum atomic E-state index is -4.71. The Kier molecular flexibility index (Phi) is 4.81. The maximum Gasteiger partial charge on any atom is 0.417 e. The predicted octanol–water partition coefficient (Wildman–Crippen LogP) is 2.64. The molecule has 1 fully saturated rings. The molecule has 3 rings (SSSR count). The Labute approximate surface area is 142 Å². The third kappa shape index (κ3) is 3.84. The molecule has 0 aromatic heterocycles. The van der Waals surface area contributed by atoms with Crippen molar-refractivity contribution in [3.05, 3.63) is 23.8 Å². The quantitative estimate of drug-likeness (QED) is 0.646. The van der Waals surface area contributed by atoms with Gasteiger partial charge in [0.15, 0.2) is 17.1 Å². The van der Waals surface area contributed by atoms with E-state index in [9.17, 15) is 23.1 Å². The van der Waals surface area contributed by atoms with Crippen LogP contribution in [0.1, 0.15) is 24.8 Å². The number of hydrogen-bond acceptors (Lipinski definition) is 5. The van der Waals surface area contributed by atoms with Gasteiger partial charge in [-0.1, -0.05) is 6.07 Å². The van der Waals surface area contributed by atoms with E-state index in [4.69, 9.17) is 14.2 Å². The topological polar surface area (TPSA) is 65.0 Å². The van der Waals surface area contributed by atoms with Crippen molar-refractivity contribution in [2.75, 3.05) is 19.8 Å². The third-order valence-electron chi connectivity index (χ3n) is 4.49. The summed E-state index contributed by atoms with van der Waals surface area (Å²) < 4.78 is 53.5. The van der Waals surface area contributed by atoms with Gasteiger partial charge in [-0.05, 0) is 43.4 Å². The van der Waals surface area contributed by atoms with Gasteiger partial charge in [-0.25, -0.2) is 0 Å². The summed E-state index contributed by atoms with van der Waals surface area (Å²) in [5, 5.41) is 9.33. The van der Waals surface area contributed by atoms with Crippen LogP contribution in [0.5, 0.6) is 11.5 Å². The molecule has 2 aliphatic rings. The second kappa shape index (κ2) is 6.74. The molecule has 1 aliphatic heterocycles. The lowest BCUT2D eigenvalue weighted by Crippen LogP contribution is -2.57. The highest BCUT2D eigenvalue weighted by Crippen LogP contribution is 2.48. The van der Waals surface area contributed by atoms with Crippen LogP contribution in [0.3, 0.4) is 0 Å². The Balaban J connectivity index is 1.39. The Morgan fingerprint density at radius 3 is 2.60 bits per heavy atom. The number of aryl methyl sites for hydroxylation is 1. The maximum atomic E-state index is 12.5. The molecule has 1 saturated carbocycles. The molecule has 8 heteroatoms.